The predicted molar refractivity (Wildman–Crippen MR) is 123 cm³/mol. The van der Waals surface area contributed by atoms with Crippen LogP contribution < -0.4 is 20.3 Å². The molecule has 2 aromatic carbocycles. The Bertz CT molecular complexity index is 1360. The van der Waals surface area contributed by atoms with Gasteiger partial charge in [-0.05, 0) is 37.3 Å². The van der Waals surface area contributed by atoms with Crippen molar-refractivity contribution in [2.75, 3.05) is 20.0 Å². The lowest BCUT2D eigenvalue weighted by molar-refractivity contribution is -0.119. The van der Waals surface area contributed by atoms with E-state index >= 15 is 0 Å². The zero-order chi connectivity index (χ0) is 22.8. The van der Waals surface area contributed by atoms with Crippen LogP contribution in [-0.2, 0) is 11.8 Å². The summed E-state index contributed by atoms with van der Waals surface area (Å²) in [7, 11) is 4.83. The first kappa shape index (κ1) is 21.7. The van der Waals surface area contributed by atoms with Gasteiger partial charge in [0.05, 0.1) is 36.9 Å². The van der Waals surface area contributed by atoms with E-state index in [0.717, 1.165) is 5.56 Å². The quantitative estimate of drug-likeness (QED) is 0.429. The molecule has 9 nitrogen and oxygen atoms in total. The van der Waals surface area contributed by atoms with Gasteiger partial charge in [0.1, 0.15) is 11.5 Å². The van der Waals surface area contributed by atoms with E-state index < -0.39 is 0 Å². The van der Waals surface area contributed by atoms with Gasteiger partial charge in [-0.2, -0.15) is 0 Å². The maximum atomic E-state index is 12.7. The van der Waals surface area contributed by atoms with Crippen molar-refractivity contribution in [3.8, 4) is 11.5 Å². The Balaban J connectivity index is 1.55. The highest BCUT2D eigenvalue weighted by atomic mass is 32.2. The molecule has 0 bridgehead atoms. The van der Waals surface area contributed by atoms with Crippen LogP contribution in [0.2, 0.25) is 0 Å². The number of carbonyl (C=O) groups is 1. The van der Waals surface area contributed by atoms with E-state index in [2.05, 4.69) is 15.5 Å². The van der Waals surface area contributed by atoms with Crippen molar-refractivity contribution in [2.45, 2.75) is 18.1 Å². The second-order valence-electron chi connectivity index (χ2n) is 7.19. The topological polar surface area (TPSA) is 99.8 Å². The van der Waals surface area contributed by atoms with Gasteiger partial charge in [-0.15, -0.1) is 10.2 Å². The zero-order valence-corrected chi connectivity index (χ0v) is 19.0. The summed E-state index contributed by atoms with van der Waals surface area (Å²) >= 11 is 1.25. The van der Waals surface area contributed by atoms with Gasteiger partial charge in [-0.1, -0.05) is 23.9 Å². The van der Waals surface area contributed by atoms with Gasteiger partial charge in [0.25, 0.3) is 5.56 Å². The minimum Gasteiger partial charge on any atom is -0.497 e. The lowest BCUT2D eigenvalue weighted by Gasteiger charge is -2.18. The van der Waals surface area contributed by atoms with E-state index in [-0.39, 0.29) is 23.3 Å². The molecule has 2 heterocycles. The van der Waals surface area contributed by atoms with Gasteiger partial charge in [-0.3, -0.25) is 18.6 Å². The lowest BCUT2D eigenvalue weighted by Crippen LogP contribution is -2.28. The molecule has 0 spiro atoms. The number of fused-ring (bicyclic) bond motifs is 3. The summed E-state index contributed by atoms with van der Waals surface area (Å²) in [4.78, 5) is 25.2. The summed E-state index contributed by atoms with van der Waals surface area (Å²) < 4.78 is 14.0. The van der Waals surface area contributed by atoms with Crippen molar-refractivity contribution < 1.29 is 14.3 Å². The third-order valence-electron chi connectivity index (χ3n) is 5.21. The summed E-state index contributed by atoms with van der Waals surface area (Å²) in [6.45, 7) is 1.88. The molecule has 2 aromatic heterocycles. The van der Waals surface area contributed by atoms with Crippen LogP contribution in [0.5, 0.6) is 11.5 Å². The molecule has 4 aromatic rings. The number of aromatic nitrogens is 4. The molecule has 32 heavy (non-hydrogen) atoms. The van der Waals surface area contributed by atoms with Crippen LogP contribution in [0, 0.1) is 0 Å². The normalized spacial score (nSPS) is 12.1. The van der Waals surface area contributed by atoms with Crippen molar-refractivity contribution in [1.82, 2.24) is 24.5 Å². The highest BCUT2D eigenvalue weighted by Crippen LogP contribution is 2.29. The number of carbonyl (C=O) groups excluding carboxylic acids is 1. The zero-order valence-electron chi connectivity index (χ0n) is 18.2. The molecule has 0 fully saturated rings. The number of rotatable bonds is 7. The highest BCUT2D eigenvalue weighted by molar-refractivity contribution is 7.99. The van der Waals surface area contributed by atoms with Crippen LogP contribution in [0.25, 0.3) is 16.7 Å². The molecule has 1 atom stereocenters. The Morgan fingerprint density at radius 3 is 2.69 bits per heavy atom. The SMILES string of the molecule is COc1ccc(OC)c(C(C)NC(=O)CSc2nnc3n(C)c(=O)c4ccccc4n23)c1. The third kappa shape index (κ3) is 3.89. The Morgan fingerprint density at radius 1 is 1.16 bits per heavy atom. The predicted octanol–water partition coefficient (Wildman–Crippen LogP) is 2.57. The molecule has 10 heteroatoms. The average Bonchev–Trinajstić information content (AvgIpc) is 3.25. The maximum Gasteiger partial charge on any atom is 0.262 e. The molecular weight excluding hydrogens is 430 g/mol. The number of nitrogens with one attached hydrogen (secondary N) is 1. The van der Waals surface area contributed by atoms with Crippen LogP contribution in [0.1, 0.15) is 18.5 Å². The van der Waals surface area contributed by atoms with Crippen molar-refractivity contribution in [1.29, 1.82) is 0 Å². The van der Waals surface area contributed by atoms with E-state index in [1.807, 2.05) is 37.3 Å². The van der Waals surface area contributed by atoms with E-state index in [4.69, 9.17) is 9.47 Å². The van der Waals surface area contributed by atoms with Gasteiger partial charge in [-0.25, -0.2) is 0 Å². The first-order chi connectivity index (χ1) is 15.4. The number of para-hydroxylation sites is 1. The molecule has 0 aliphatic carbocycles. The molecule has 0 aliphatic heterocycles. The van der Waals surface area contributed by atoms with Gasteiger partial charge in [0.15, 0.2) is 5.16 Å². The number of aryl methyl sites for hydroxylation is 1. The molecule has 1 amide bonds. The fraction of sp³-hybridized carbons (Fsp3) is 0.273. The summed E-state index contributed by atoms with van der Waals surface area (Å²) in [5.41, 5.74) is 1.38. The number of hydrogen-bond donors (Lipinski definition) is 1. The summed E-state index contributed by atoms with van der Waals surface area (Å²) in [6, 6.07) is 12.4. The molecular formula is C22H23N5O4S. The van der Waals surface area contributed by atoms with Crippen LogP contribution in [0.4, 0.5) is 0 Å². The number of benzene rings is 2. The Hall–Kier alpha value is -3.53. The molecule has 166 valence electrons. The van der Waals surface area contributed by atoms with Crippen molar-refractivity contribution in [2.24, 2.45) is 7.05 Å². The maximum absolute atomic E-state index is 12.7. The fourth-order valence-electron chi connectivity index (χ4n) is 3.57. The van der Waals surface area contributed by atoms with Gasteiger partial charge in [0, 0.05) is 12.6 Å². The number of hydrogen-bond acceptors (Lipinski definition) is 7. The van der Waals surface area contributed by atoms with Gasteiger partial charge >= 0.3 is 0 Å². The van der Waals surface area contributed by atoms with Crippen LogP contribution in [0.3, 0.4) is 0 Å². The smallest absolute Gasteiger partial charge is 0.262 e. The van der Waals surface area contributed by atoms with Crippen LogP contribution in [-0.4, -0.2) is 45.0 Å². The standard InChI is InChI=1S/C22H23N5O4S/c1-13(16-11-14(30-3)9-10-18(16)31-4)23-19(28)12-32-22-25-24-21-26(2)20(29)15-7-5-6-8-17(15)27(21)22/h5-11,13H,12H2,1-4H3,(H,23,28). The van der Waals surface area contributed by atoms with E-state index in [1.165, 1.54) is 16.3 Å². The second kappa shape index (κ2) is 8.91. The Kier molecular flexibility index (Phi) is 6.04. The Morgan fingerprint density at radius 2 is 1.94 bits per heavy atom. The number of nitrogens with zero attached hydrogens (tertiary/aromatic N) is 4. The van der Waals surface area contributed by atoms with Crippen LogP contribution >= 0.6 is 11.8 Å². The van der Waals surface area contributed by atoms with Crippen molar-refractivity contribution >= 4 is 34.3 Å². The molecule has 0 radical (unpaired) electrons. The Labute approximate surface area is 188 Å². The third-order valence-corrected chi connectivity index (χ3v) is 6.14. The fourth-order valence-corrected chi connectivity index (χ4v) is 4.32. The molecule has 1 unspecified atom stereocenters. The van der Waals surface area contributed by atoms with E-state index in [0.29, 0.717) is 33.3 Å². The monoisotopic (exact) mass is 453 g/mol. The number of amides is 1. The van der Waals surface area contributed by atoms with E-state index in [1.54, 1.807) is 37.8 Å². The molecule has 1 N–H and O–H groups in total. The van der Waals surface area contributed by atoms with Gasteiger partial charge < -0.3 is 14.8 Å². The first-order valence-electron chi connectivity index (χ1n) is 9.91. The van der Waals surface area contributed by atoms with E-state index in [9.17, 15) is 9.59 Å². The average molecular weight is 454 g/mol. The van der Waals surface area contributed by atoms with Crippen molar-refractivity contribution in [3.63, 3.8) is 0 Å². The number of ether oxygens (including phenoxy) is 2. The molecule has 4 rings (SSSR count). The first-order valence-corrected chi connectivity index (χ1v) is 10.9. The number of methoxy groups -OCH3 is 2. The molecule has 0 saturated heterocycles. The summed E-state index contributed by atoms with van der Waals surface area (Å²) in [5, 5.41) is 12.4. The van der Waals surface area contributed by atoms with Gasteiger partial charge in [0.2, 0.25) is 11.7 Å². The summed E-state index contributed by atoms with van der Waals surface area (Å²) in [6.07, 6.45) is 0. The minimum atomic E-state index is -0.287. The molecule has 0 aliphatic rings. The number of thioether (sulfide) groups is 1. The largest absolute Gasteiger partial charge is 0.497 e. The second-order valence-corrected chi connectivity index (χ2v) is 8.13. The van der Waals surface area contributed by atoms with Crippen molar-refractivity contribution in [3.05, 3.63) is 58.4 Å². The summed E-state index contributed by atoms with van der Waals surface area (Å²) in [5.74, 6) is 1.74. The lowest BCUT2D eigenvalue weighted by atomic mass is 10.1. The van der Waals surface area contributed by atoms with Crippen LogP contribution in [0.15, 0.2) is 52.4 Å². The minimum absolute atomic E-state index is 0.134. The highest BCUT2D eigenvalue weighted by Gasteiger charge is 2.18. The molecule has 0 saturated carbocycles.